The lowest BCUT2D eigenvalue weighted by Gasteiger charge is -2.17. The molecule has 0 bridgehead atoms. The van der Waals surface area contributed by atoms with Crippen molar-refractivity contribution in [3.05, 3.63) is 41.2 Å². The summed E-state index contributed by atoms with van der Waals surface area (Å²) in [6, 6.07) is 5.81. The smallest absolute Gasteiger partial charge is 0.222 e. The number of hydrogen-bond donors (Lipinski definition) is 0. The molecule has 6 heteroatoms. The fourth-order valence-corrected chi connectivity index (χ4v) is 3.68. The molecule has 0 aromatic carbocycles. The van der Waals surface area contributed by atoms with E-state index < -0.39 is 6.67 Å². The van der Waals surface area contributed by atoms with Crippen LogP contribution < -0.4 is 4.74 Å². The van der Waals surface area contributed by atoms with E-state index in [-0.39, 0.29) is 6.04 Å². The quantitative estimate of drug-likeness (QED) is 0.518. The molecule has 0 aliphatic carbocycles. The van der Waals surface area contributed by atoms with Crippen molar-refractivity contribution in [3.63, 3.8) is 0 Å². The minimum Gasteiger partial charge on any atom is -0.480 e. The van der Waals surface area contributed by atoms with Crippen molar-refractivity contribution in [2.75, 3.05) is 27.5 Å². The SMILES string of the molecule is CCc1cc2c(nc1-c1ccc(C(C)C)nc1OC)c(C)cn2[C@@H](CF)COC. The topological polar surface area (TPSA) is 49.2 Å². The van der Waals surface area contributed by atoms with Gasteiger partial charge in [-0.25, -0.2) is 14.4 Å². The number of aromatic nitrogens is 3. The van der Waals surface area contributed by atoms with E-state index in [4.69, 9.17) is 14.5 Å². The number of aryl methyl sites for hydroxylation is 2. The highest BCUT2D eigenvalue weighted by atomic mass is 19.1. The van der Waals surface area contributed by atoms with Gasteiger partial charge in [-0.15, -0.1) is 0 Å². The number of alkyl halides is 1. The first-order chi connectivity index (χ1) is 13.9. The second-order valence-corrected chi connectivity index (χ2v) is 7.65. The van der Waals surface area contributed by atoms with Crippen LogP contribution in [0.25, 0.3) is 22.3 Å². The van der Waals surface area contributed by atoms with Crippen LogP contribution in [0.3, 0.4) is 0 Å². The molecule has 156 valence electrons. The number of hydrogen-bond acceptors (Lipinski definition) is 4. The van der Waals surface area contributed by atoms with E-state index in [1.165, 1.54) is 0 Å². The standard InChI is InChI=1S/C23H30FN3O2/c1-7-16-10-20-21(15(4)12-27(20)17(11-24)13-28-5)26-22(16)18-8-9-19(14(2)3)25-23(18)29-6/h8-10,12,14,17H,7,11,13H2,1-6H3/t17-/m0/s1. The number of rotatable bonds is 8. The lowest BCUT2D eigenvalue weighted by atomic mass is 10.0. The summed E-state index contributed by atoms with van der Waals surface area (Å²) in [6.07, 6.45) is 2.75. The van der Waals surface area contributed by atoms with Gasteiger partial charge in [-0.3, -0.25) is 0 Å². The zero-order valence-corrected chi connectivity index (χ0v) is 18.1. The van der Waals surface area contributed by atoms with Crippen LogP contribution >= 0.6 is 0 Å². The second kappa shape index (κ2) is 8.91. The fraction of sp³-hybridized carbons (Fsp3) is 0.478. The molecule has 0 unspecified atom stereocenters. The van der Waals surface area contributed by atoms with Gasteiger partial charge in [0.2, 0.25) is 5.88 Å². The van der Waals surface area contributed by atoms with Crippen molar-refractivity contribution in [3.8, 4) is 17.1 Å². The Hall–Kier alpha value is -2.47. The van der Waals surface area contributed by atoms with E-state index in [1.807, 2.05) is 29.8 Å². The van der Waals surface area contributed by atoms with Crippen molar-refractivity contribution in [1.82, 2.24) is 14.5 Å². The van der Waals surface area contributed by atoms with Gasteiger partial charge in [-0.05, 0) is 48.6 Å². The third-order valence-corrected chi connectivity index (χ3v) is 5.30. The van der Waals surface area contributed by atoms with E-state index in [2.05, 4.69) is 31.8 Å². The lowest BCUT2D eigenvalue weighted by molar-refractivity contribution is 0.142. The zero-order chi connectivity index (χ0) is 21.1. The monoisotopic (exact) mass is 399 g/mol. The van der Waals surface area contributed by atoms with E-state index in [9.17, 15) is 4.39 Å². The number of pyridine rings is 2. The molecule has 3 rings (SSSR count). The summed E-state index contributed by atoms with van der Waals surface area (Å²) in [6.45, 7) is 8.14. The van der Waals surface area contributed by atoms with Gasteiger partial charge in [0.25, 0.3) is 0 Å². The van der Waals surface area contributed by atoms with E-state index in [0.29, 0.717) is 18.4 Å². The highest BCUT2D eigenvalue weighted by Gasteiger charge is 2.20. The first-order valence-electron chi connectivity index (χ1n) is 10.1. The van der Waals surface area contributed by atoms with E-state index in [0.717, 1.165) is 45.5 Å². The maximum atomic E-state index is 13.6. The largest absolute Gasteiger partial charge is 0.480 e. The highest BCUT2D eigenvalue weighted by Crippen LogP contribution is 2.35. The van der Waals surface area contributed by atoms with Gasteiger partial charge in [-0.2, -0.15) is 0 Å². The van der Waals surface area contributed by atoms with Gasteiger partial charge < -0.3 is 14.0 Å². The van der Waals surface area contributed by atoms with Gasteiger partial charge in [-0.1, -0.05) is 20.8 Å². The Bertz CT molecular complexity index is 997. The Morgan fingerprint density at radius 2 is 1.93 bits per heavy atom. The first-order valence-corrected chi connectivity index (χ1v) is 10.1. The maximum absolute atomic E-state index is 13.6. The van der Waals surface area contributed by atoms with Crippen molar-refractivity contribution >= 4 is 11.0 Å². The average Bonchev–Trinajstić information content (AvgIpc) is 3.05. The van der Waals surface area contributed by atoms with Gasteiger partial charge in [0, 0.05) is 19.0 Å². The second-order valence-electron chi connectivity index (χ2n) is 7.65. The minimum atomic E-state index is -0.491. The molecular weight excluding hydrogens is 369 g/mol. The van der Waals surface area contributed by atoms with Crippen LogP contribution in [0.2, 0.25) is 0 Å². The van der Waals surface area contributed by atoms with Crippen molar-refractivity contribution in [1.29, 1.82) is 0 Å². The first kappa shape index (κ1) is 21.2. The predicted molar refractivity (Wildman–Crippen MR) is 115 cm³/mol. The van der Waals surface area contributed by atoms with Gasteiger partial charge >= 0.3 is 0 Å². The Labute approximate surface area is 171 Å². The molecule has 1 atom stereocenters. The van der Waals surface area contributed by atoms with Crippen molar-refractivity contribution in [2.45, 2.75) is 46.1 Å². The van der Waals surface area contributed by atoms with E-state index >= 15 is 0 Å². The molecule has 0 spiro atoms. The maximum Gasteiger partial charge on any atom is 0.222 e. The number of methoxy groups -OCH3 is 2. The molecule has 3 aromatic heterocycles. The van der Waals surface area contributed by atoms with Crippen LogP contribution in [0.4, 0.5) is 4.39 Å². The summed E-state index contributed by atoms with van der Waals surface area (Å²) in [5.74, 6) is 0.893. The highest BCUT2D eigenvalue weighted by molar-refractivity contribution is 5.85. The summed E-state index contributed by atoms with van der Waals surface area (Å²) < 4.78 is 26.4. The molecule has 0 N–H and O–H groups in total. The molecule has 0 aliphatic heterocycles. The molecule has 29 heavy (non-hydrogen) atoms. The summed E-state index contributed by atoms with van der Waals surface area (Å²) in [7, 11) is 3.23. The molecule has 0 saturated heterocycles. The van der Waals surface area contributed by atoms with Gasteiger partial charge in [0.1, 0.15) is 6.67 Å². The summed E-state index contributed by atoms with van der Waals surface area (Å²) in [5, 5.41) is 0. The molecule has 0 amide bonds. The Morgan fingerprint density at radius 3 is 2.52 bits per heavy atom. The Balaban J connectivity index is 2.21. The Morgan fingerprint density at radius 1 is 1.17 bits per heavy atom. The fourth-order valence-electron chi connectivity index (χ4n) is 3.68. The van der Waals surface area contributed by atoms with E-state index in [1.54, 1.807) is 14.2 Å². The van der Waals surface area contributed by atoms with Crippen molar-refractivity contribution in [2.24, 2.45) is 0 Å². The normalized spacial score (nSPS) is 12.7. The summed E-state index contributed by atoms with van der Waals surface area (Å²) in [5.41, 5.74) is 6.59. The van der Waals surface area contributed by atoms with Crippen LogP contribution in [0.15, 0.2) is 24.4 Å². The Kier molecular flexibility index (Phi) is 6.52. The zero-order valence-electron chi connectivity index (χ0n) is 18.1. The van der Waals surface area contributed by atoms with Gasteiger partial charge in [0.15, 0.2) is 0 Å². The van der Waals surface area contributed by atoms with Crippen LogP contribution in [0.5, 0.6) is 5.88 Å². The average molecular weight is 400 g/mol. The third-order valence-electron chi connectivity index (χ3n) is 5.30. The molecular formula is C23H30FN3O2. The van der Waals surface area contributed by atoms with Crippen LogP contribution in [0.1, 0.15) is 49.6 Å². The molecule has 0 saturated carbocycles. The molecule has 3 heterocycles. The summed E-state index contributed by atoms with van der Waals surface area (Å²) >= 11 is 0. The number of halogens is 1. The number of nitrogens with zero attached hydrogens (tertiary/aromatic N) is 3. The van der Waals surface area contributed by atoms with Crippen LogP contribution in [-0.4, -0.2) is 42.0 Å². The number of fused-ring (bicyclic) bond motifs is 1. The predicted octanol–water partition coefficient (Wildman–Crippen LogP) is 5.26. The summed E-state index contributed by atoms with van der Waals surface area (Å²) in [4.78, 5) is 9.67. The van der Waals surface area contributed by atoms with Crippen molar-refractivity contribution < 1.29 is 13.9 Å². The molecule has 0 aliphatic rings. The molecule has 0 radical (unpaired) electrons. The van der Waals surface area contributed by atoms with Gasteiger partial charge in [0.05, 0.1) is 42.0 Å². The third kappa shape index (κ3) is 3.99. The molecule has 0 fully saturated rings. The molecule has 5 nitrogen and oxygen atoms in total. The molecule has 3 aromatic rings. The van der Waals surface area contributed by atoms with Crippen LogP contribution in [-0.2, 0) is 11.2 Å². The lowest BCUT2D eigenvalue weighted by Crippen LogP contribution is -2.16. The minimum absolute atomic E-state index is 0.314. The number of ether oxygens (including phenoxy) is 2. The van der Waals surface area contributed by atoms with Crippen LogP contribution in [0, 0.1) is 6.92 Å².